The zero-order chi connectivity index (χ0) is 18.6. The van der Waals surface area contributed by atoms with Crippen LogP contribution in [0, 0.1) is 3.57 Å². The molecule has 0 fully saturated rings. The van der Waals surface area contributed by atoms with Crippen molar-refractivity contribution in [3.8, 4) is 22.4 Å². The maximum atomic E-state index is 13.5. The molecule has 0 atom stereocenters. The summed E-state index contributed by atoms with van der Waals surface area (Å²) in [4.78, 5) is 18.2. The largest absolute Gasteiger partial charge is 0.289 e. The number of pyridine rings is 1. The number of rotatable bonds is 4. The second-order valence-electron chi connectivity index (χ2n) is 6.13. The van der Waals surface area contributed by atoms with Crippen molar-refractivity contribution >= 4 is 28.4 Å². The molecular weight excluding hydrogens is 445 g/mol. The third-order valence-corrected chi connectivity index (χ3v) is 5.22. The Morgan fingerprint density at radius 1 is 0.704 bits per heavy atom. The predicted octanol–water partition coefficient (Wildman–Crippen LogP) is 6.25. The van der Waals surface area contributed by atoms with Crippen LogP contribution in [0.15, 0.2) is 97.2 Å². The Labute approximate surface area is 172 Å². The van der Waals surface area contributed by atoms with Crippen LogP contribution in [0.1, 0.15) is 15.9 Å². The lowest BCUT2D eigenvalue weighted by Crippen LogP contribution is -2.09. The van der Waals surface area contributed by atoms with Gasteiger partial charge in [0.2, 0.25) is 0 Å². The van der Waals surface area contributed by atoms with E-state index >= 15 is 0 Å². The third kappa shape index (κ3) is 3.55. The fraction of sp³-hybridized carbons (Fsp3) is 0. The molecule has 2 nitrogen and oxygen atoms in total. The smallest absolute Gasteiger partial charge is 0.195 e. The molecule has 0 N–H and O–H groups in total. The third-order valence-electron chi connectivity index (χ3n) is 4.41. The first kappa shape index (κ1) is 17.6. The van der Waals surface area contributed by atoms with Gasteiger partial charge in [0.1, 0.15) is 0 Å². The van der Waals surface area contributed by atoms with Crippen molar-refractivity contribution < 1.29 is 4.79 Å². The molecule has 0 amide bonds. The predicted molar refractivity (Wildman–Crippen MR) is 118 cm³/mol. The van der Waals surface area contributed by atoms with E-state index in [4.69, 9.17) is 0 Å². The number of halogens is 1. The van der Waals surface area contributed by atoms with E-state index in [-0.39, 0.29) is 5.78 Å². The summed E-state index contributed by atoms with van der Waals surface area (Å²) in [6.07, 6.45) is 1.84. The summed E-state index contributed by atoms with van der Waals surface area (Å²) in [7, 11) is 0. The molecule has 27 heavy (non-hydrogen) atoms. The van der Waals surface area contributed by atoms with Crippen molar-refractivity contribution in [3.63, 3.8) is 0 Å². The van der Waals surface area contributed by atoms with E-state index in [1.54, 1.807) is 0 Å². The summed E-state index contributed by atoms with van der Waals surface area (Å²) in [6.45, 7) is 0. The number of benzene rings is 3. The van der Waals surface area contributed by atoms with Crippen molar-refractivity contribution in [3.05, 3.63) is 112 Å². The molecule has 0 saturated carbocycles. The van der Waals surface area contributed by atoms with Crippen LogP contribution >= 0.6 is 22.6 Å². The van der Waals surface area contributed by atoms with Gasteiger partial charge in [-0.15, -0.1) is 0 Å². The van der Waals surface area contributed by atoms with E-state index in [1.165, 1.54) is 0 Å². The molecular formula is C24H16INO. The van der Waals surface area contributed by atoms with Crippen LogP contribution in [0.25, 0.3) is 22.4 Å². The molecule has 0 unspecified atom stereocenters. The molecule has 0 aliphatic heterocycles. The Bertz CT molecular complexity index is 1080. The van der Waals surface area contributed by atoms with Gasteiger partial charge >= 0.3 is 0 Å². The summed E-state index contributed by atoms with van der Waals surface area (Å²) >= 11 is 2.26. The monoisotopic (exact) mass is 461 g/mol. The Kier molecular flexibility index (Phi) is 5.12. The quantitative estimate of drug-likeness (QED) is 0.266. The van der Waals surface area contributed by atoms with Crippen molar-refractivity contribution in [2.75, 3.05) is 0 Å². The fourth-order valence-electron chi connectivity index (χ4n) is 3.15. The topological polar surface area (TPSA) is 30.0 Å². The summed E-state index contributed by atoms with van der Waals surface area (Å²) in [5.41, 5.74) is 4.90. The minimum absolute atomic E-state index is 0.0145. The lowest BCUT2D eigenvalue weighted by molar-refractivity contribution is 0.103. The normalized spacial score (nSPS) is 10.6. The first-order valence-electron chi connectivity index (χ1n) is 8.65. The van der Waals surface area contributed by atoms with Crippen LogP contribution < -0.4 is 0 Å². The average molecular weight is 461 g/mol. The van der Waals surface area contributed by atoms with E-state index in [9.17, 15) is 4.79 Å². The van der Waals surface area contributed by atoms with Crippen molar-refractivity contribution in [2.45, 2.75) is 0 Å². The Morgan fingerprint density at radius 2 is 1.22 bits per heavy atom. The molecule has 0 radical (unpaired) electrons. The van der Waals surface area contributed by atoms with Crippen LogP contribution in [0.5, 0.6) is 0 Å². The highest BCUT2D eigenvalue weighted by Gasteiger charge is 2.23. The molecule has 0 aliphatic carbocycles. The molecule has 3 aromatic carbocycles. The van der Waals surface area contributed by atoms with Crippen molar-refractivity contribution in [1.29, 1.82) is 0 Å². The summed E-state index contributed by atoms with van der Waals surface area (Å²) in [5, 5.41) is 0. The minimum Gasteiger partial charge on any atom is -0.289 e. The highest BCUT2D eigenvalue weighted by atomic mass is 127. The second kappa shape index (κ2) is 7.84. The fourth-order valence-corrected chi connectivity index (χ4v) is 3.87. The molecule has 0 saturated heterocycles. The van der Waals surface area contributed by atoms with Crippen LogP contribution in [0.4, 0.5) is 0 Å². The SMILES string of the molecule is O=C(c1ccccc1)c1c(-c2ccccc2)ncc(I)c1-c1ccccc1. The average Bonchev–Trinajstić information content (AvgIpc) is 2.75. The lowest BCUT2D eigenvalue weighted by Gasteiger charge is -2.16. The van der Waals surface area contributed by atoms with Gasteiger partial charge in [0.25, 0.3) is 0 Å². The first-order chi connectivity index (χ1) is 13.3. The van der Waals surface area contributed by atoms with Crippen LogP contribution in [-0.2, 0) is 0 Å². The molecule has 130 valence electrons. The van der Waals surface area contributed by atoms with Gasteiger partial charge in [0, 0.05) is 26.5 Å². The summed E-state index contributed by atoms with van der Waals surface area (Å²) in [5.74, 6) is -0.0145. The van der Waals surface area contributed by atoms with Crippen LogP contribution in [0.2, 0.25) is 0 Å². The molecule has 1 heterocycles. The van der Waals surface area contributed by atoms with E-state index < -0.39 is 0 Å². The lowest BCUT2D eigenvalue weighted by atomic mass is 9.91. The Hall–Kier alpha value is -2.79. The van der Waals surface area contributed by atoms with E-state index in [0.717, 1.165) is 20.3 Å². The molecule has 4 aromatic rings. The van der Waals surface area contributed by atoms with Crippen LogP contribution in [-0.4, -0.2) is 10.8 Å². The Morgan fingerprint density at radius 3 is 1.81 bits per heavy atom. The van der Waals surface area contributed by atoms with Gasteiger partial charge in [-0.05, 0) is 28.2 Å². The molecule has 0 bridgehead atoms. The van der Waals surface area contributed by atoms with Gasteiger partial charge in [0.15, 0.2) is 5.78 Å². The van der Waals surface area contributed by atoms with Crippen molar-refractivity contribution in [1.82, 2.24) is 4.98 Å². The van der Waals surface area contributed by atoms with Gasteiger partial charge in [0.05, 0.1) is 11.3 Å². The number of hydrogen-bond acceptors (Lipinski definition) is 2. The zero-order valence-corrected chi connectivity index (χ0v) is 16.6. The van der Waals surface area contributed by atoms with E-state index in [0.29, 0.717) is 16.8 Å². The number of carbonyl (C=O) groups is 1. The number of nitrogens with zero attached hydrogens (tertiary/aromatic N) is 1. The second-order valence-corrected chi connectivity index (χ2v) is 7.29. The van der Waals surface area contributed by atoms with Gasteiger partial charge in [-0.2, -0.15) is 0 Å². The maximum absolute atomic E-state index is 13.5. The van der Waals surface area contributed by atoms with Gasteiger partial charge < -0.3 is 0 Å². The highest BCUT2D eigenvalue weighted by Crippen LogP contribution is 2.35. The van der Waals surface area contributed by atoms with E-state index in [1.807, 2.05) is 97.2 Å². The molecule has 0 aliphatic rings. The zero-order valence-electron chi connectivity index (χ0n) is 14.5. The van der Waals surface area contributed by atoms with Crippen molar-refractivity contribution in [2.24, 2.45) is 0 Å². The number of hydrogen-bond donors (Lipinski definition) is 0. The summed E-state index contributed by atoms with van der Waals surface area (Å²) < 4.78 is 0.956. The number of ketones is 1. The van der Waals surface area contributed by atoms with E-state index in [2.05, 4.69) is 27.6 Å². The standard InChI is InChI=1S/C24H16INO/c25-20-16-26-23(18-12-6-2-7-13-18)22(21(20)17-10-4-1-5-11-17)24(27)19-14-8-3-9-15-19/h1-16H. The first-order valence-corrected chi connectivity index (χ1v) is 9.72. The maximum Gasteiger partial charge on any atom is 0.195 e. The highest BCUT2D eigenvalue weighted by molar-refractivity contribution is 14.1. The minimum atomic E-state index is -0.0145. The summed E-state index contributed by atoms with van der Waals surface area (Å²) in [6, 6.07) is 29.3. The van der Waals surface area contributed by atoms with Gasteiger partial charge in [-0.25, -0.2) is 0 Å². The number of aromatic nitrogens is 1. The Balaban J connectivity index is 2.03. The van der Waals surface area contributed by atoms with Crippen LogP contribution in [0.3, 0.4) is 0 Å². The molecule has 1 aromatic heterocycles. The molecule has 3 heteroatoms. The number of carbonyl (C=O) groups excluding carboxylic acids is 1. The van der Waals surface area contributed by atoms with Gasteiger partial charge in [-0.1, -0.05) is 91.0 Å². The van der Waals surface area contributed by atoms with Gasteiger partial charge in [-0.3, -0.25) is 9.78 Å². The molecule has 0 spiro atoms. The molecule has 4 rings (SSSR count).